The molecule has 0 aliphatic heterocycles. The minimum atomic E-state index is -0.419. The summed E-state index contributed by atoms with van der Waals surface area (Å²) in [5, 5.41) is 20.1. The van der Waals surface area contributed by atoms with E-state index < -0.39 is 4.92 Å². The molecular weight excluding hydrogens is 262 g/mol. The number of hydrogen-bond acceptors (Lipinski definition) is 4. The Balaban J connectivity index is 2.67. The van der Waals surface area contributed by atoms with Gasteiger partial charge in [-0.05, 0) is 23.8 Å². The number of aliphatic hydroxyl groups is 1. The molecule has 1 N–H and O–H groups in total. The van der Waals surface area contributed by atoms with Crippen molar-refractivity contribution in [1.82, 2.24) is 0 Å². The van der Waals surface area contributed by atoms with Crippen molar-refractivity contribution in [3.63, 3.8) is 0 Å². The third-order valence-electron chi connectivity index (χ3n) is 2.22. The fourth-order valence-corrected chi connectivity index (χ4v) is 2.51. The van der Waals surface area contributed by atoms with Crippen LogP contribution in [0, 0.1) is 16.0 Å². The van der Waals surface area contributed by atoms with Crippen LogP contribution in [0.5, 0.6) is 0 Å². The summed E-state index contributed by atoms with van der Waals surface area (Å²) < 4.78 is 0. The van der Waals surface area contributed by atoms with E-state index in [0.717, 1.165) is 5.75 Å². The minimum absolute atomic E-state index is 0.0571. The van der Waals surface area contributed by atoms with Crippen molar-refractivity contribution in [3.8, 4) is 0 Å². The van der Waals surface area contributed by atoms with E-state index in [4.69, 9.17) is 16.7 Å². The zero-order valence-corrected chi connectivity index (χ0v) is 11.0. The Morgan fingerprint density at radius 3 is 2.88 bits per heavy atom. The third-order valence-corrected chi connectivity index (χ3v) is 3.77. The number of rotatable bonds is 6. The first-order valence-corrected chi connectivity index (χ1v) is 6.69. The highest BCUT2D eigenvalue weighted by Gasteiger charge is 2.14. The van der Waals surface area contributed by atoms with E-state index in [2.05, 4.69) is 0 Å². The van der Waals surface area contributed by atoms with Gasteiger partial charge in [0, 0.05) is 29.0 Å². The van der Waals surface area contributed by atoms with Crippen LogP contribution in [-0.2, 0) is 5.75 Å². The normalized spacial score (nSPS) is 12.4. The van der Waals surface area contributed by atoms with Gasteiger partial charge in [-0.1, -0.05) is 18.5 Å². The number of nitro benzene ring substituents is 1. The molecule has 0 aliphatic rings. The van der Waals surface area contributed by atoms with E-state index in [1.807, 2.05) is 6.92 Å². The fourth-order valence-electron chi connectivity index (χ4n) is 1.25. The maximum atomic E-state index is 10.8. The second-order valence-electron chi connectivity index (χ2n) is 3.83. The Morgan fingerprint density at radius 1 is 1.59 bits per heavy atom. The van der Waals surface area contributed by atoms with Crippen LogP contribution in [0.15, 0.2) is 18.2 Å². The summed E-state index contributed by atoms with van der Waals surface area (Å²) in [6.45, 7) is 2.07. The number of aliphatic hydroxyl groups excluding tert-OH is 1. The first-order valence-electron chi connectivity index (χ1n) is 5.16. The van der Waals surface area contributed by atoms with Gasteiger partial charge in [0.05, 0.1) is 4.92 Å². The van der Waals surface area contributed by atoms with Crippen molar-refractivity contribution >= 4 is 29.1 Å². The van der Waals surface area contributed by atoms with E-state index in [0.29, 0.717) is 16.3 Å². The Labute approximate surface area is 109 Å². The number of hydrogen-bond donors (Lipinski definition) is 1. The van der Waals surface area contributed by atoms with Gasteiger partial charge in [0.25, 0.3) is 5.69 Å². The van der Waals surface area contributed by atoms with Gasteiger partial charge in [-0.2, -0.15) is 11.8 Å². The molecule has 0 amide bonds. The number of halogens is 1. The Kier molecular flexibility index (Phi) is 5.74. The molecule has 0 bridgehead atoms. The Hall–Kier alpha value is -0.780. The van der Waals surface area contributed by atoms with Gasteiger partial charge in [0.2, 0.25) is 0 Å². The molecule has 0 spiro atoms. The van der Waals surface area contributed by atoms with Crippen LogP contribution in [0.1, 0.15) is 12.5 Å². The van der Waals surface area contributed by atoms with Crippen LogP contribution >= 0.6 is 23.4 Å². The summed E-state index contributed by atoms with van der Waals surface area (Å²) in [5.74, 6) is 1.53. The molecule has 94 valence electrons. The maximum Gasteiger partial charge on any atom is 0.274 e. The van der Waals surface area contributed by atoms with Crippen LogP contribution in [0.4, 0.5) is 5.69 Å². The topological polar surface area (TPSA) is 63.4 Å². The van der Waals surface area contributed by atoms with Crippen molar-refractivity contribution in [3.05, 3.63) is 38.9 Å². The SMILES string of the molecule is CC(CO)CSCc1ccc(Cl)cc1[N+](=O)[O-]. The van der Waals surface area contributed by atoms with Crippen molar-refractivity contribution < 1.29 is 10.0 Å². The fraction of sp³-hybridized carbons (Fsp3) is 0.455. The summed E-state index contributed by atoms with van der Waals surface area (Å²) >= 11 is 7.29. The molecule has 4 nitrogen and oxygen atoms in total. The average Bonchev–Trinajstić information content (AvgIpc) is 2.30. The molecule has 0 heterocycles. The number of nitrogens with zero attached hydrogens (tertiary/aromatic N) is 1. The molecule has 1 aromatic rings. The second kappa shape index (κ2) is 6.83. The lowest BCUT2D eigenvalue weighted by Crippen LogP contribution is -2.04. The van der Waals surface area contributed by atoms with Gasteiger partial charge < -0.3 is 5.11 Å². The molecule has 1 atom stereocenters. The largest absolute Gasteiger partial charge is 0.396 e. The number of benzene rings is 1. The highest BCUT2D eigenvalue weighted by Crippen LogP contribution is 2.27. The van der Waals surface area contributed by atoms with Crippen LogP contribution in [0.3, 0.4) is 0 Å². The van der Waals surface area contributed by atoms with E-state index in [1.165, 1.54) is 6.07 Å². The van der Waals surface area contributed by atoms with Gasteiger partial charge in [-0.15, -0.1) is 0 Å². The van der Waals surface area contributed by atoms with Gasteiger partial charge in [-0.25, -0.2) is 0 Å². The van der Waals surface area contributed by atoms with Crippen molar-refractivity contribution in [2.45, 2.75) is 12.7 Å². The summed E-state index contributed by atoms with van der Waals surface area (Å²) in [7, 11) is 0. The first kappa shape index (κ1) is 14.3. The number of nitro groups is 1. The van der Waals surface area contributed by atoms with Gasteiger partial charge in [0.15, 0.2) is 0 Å². The highest BCUT2D eigenvalue weighted by molar-refractivity contribution is 7.98. The summed E-state index contributed by atoms with van der Waals surface area (Å²) in [5.41, 5.74) is 0.719. The van der Waals surface area contributed by atoms with Crippen molar-refractivity contribution in [1.29, 1.82) is 0 Å². The molecule has 0 radical (unpaired) electrons. The molecular formula is C11H14ClNO3S. The predicted molar refractivity (Wildman–Crippen MR) is 70.5 cm³/mol. The molecule has 1 aromatic carbocycles. The van der Waals surface area contributed by atoms with Crippen molar-refractivity contribution in [2.24, 2.45) is 5.92 Å². The highest BCUT2D eigenvalue weighted by atomic mass is 35.5. The molecule has 1 rings (SSSR count). The summed E-state index contributed by atoms with van der Waals surface area (Å²) in [4.78, 5) is 10.4. The molecule has 1 unspecified atom stereocenters. The van der Waals surface area contributed by atoms with Crippen LogP contribution in [0.2, 0.25) is 5.02 Å². The zero-order valence-electron chi connectivity index (χ0n) is 9.43. The van der Waals surface area contributed by atoms with E-state index in [1.54, 1.807) is 23.9 Å². The molecule has 0 aromatic heterocycles. The number of thioether (sulfide) groups is 1. The van der Waals surface area contributed by atoms with Crippen LogP contribution in [0.25, 0.3) is 0 Å². The Morgan fingerprint density at radius 2 is 2.29 bits per heavy atom. The lowest BCUT2D eigenvalue weighted by Gasteiger charge is -2.07. The van der Waals surface area contributed by atoms with Crippen LogP contribution < -0.4 is 0 Å². The van der Waals surface area contributed by atoms with Crippen LogP contribution in [-0.4, -0.2) is 22.4 Å². The quantitative estimate of drug-likeness (QED) is 0.640. The van der Waals surface area contributed by atoms with Gasteiger partial charge in [-0.3, -0.25) is 10.1 Å². The summed E-state index contributed by atoms with van der Waals surface area (Å²) in [6, 6.07) is 4.70. The minimum Gasteiger partial charge on any atom is -0.396 e. The third kappa shape index (κ3) is 4.53. The monoisotopic (exact) mass is 275 g/mol. The van der Waals surface area contributed by atoms with E-state index in [9.17, 15) is 10.1 Å². The van der Waals surface area contributed by atoms with E-state index >= 15 is 0 Å². The second-order valence-corrected chi connectivity index (χ2v) is 5.30. The molecule has 0 saturated carbocycles. The zero-order chi connectivity index (χ0) is 12.8. The average molecular weight is 276 g/mol. The predicted octanol–water partition coefficient (Wildman–Crippen LogP) is 3.11. The smallest absolute Gasteiger partial charge is 0.274 e. The molecule has 17 heavy (non-hydrogen) atoms. The Bertz CT molecular complexity index is 400. The standard InChI is InChI=1S/C11H14ClNO3S/c1-8(5-14)6-17-7-9-2-3-10(12)4-11(9)13(15)16/h2-4,8,14H,5-7H2,1H3. The first-order chi connectivity index (χ1) is 8.04. The van der Waals surface area contributed by atoms with Gasteiger partial charge >= 0.3 is 0 Å². The lowest BCUT2D eigenvalue weighted by atomic mass is 10.2. The van der Waals surface area contributed by atoms with Gasteiger partial charge in [0.1, 0.15) is 0 Å². The summed E-state index contributed by atoms with van der Waals surface area (Å²) in [6.07, 6.45) is 0. The maximum absolute atomic E-state index is 10.8. The van der Waals surface area contributed by atoms with E-state index in [-0.39, 0.29) is 18.2 Å². The molecule has 0 fully saturated rings. The molecule has 0 aliphatic carbocycles. The van der Waals surface area contributed by atoms with Crippen molar-refractivity contribution in [2.75, 3.05) is 12.4 Å². The molecule has 0 saturated heterocycles. The lowest BCUT2D eigenvalue weighted by molar-refractivity contribution is -0.385. The molecule has 6 heteroatoms.